The molecule has 3 aromatic rings. The highest BCUT2D eigenvalue weighted by molar-refractivity contribution is 5.91. The highest BCUT2D eigenvalue weighted by atomic mass is 16.6. The third kappa shape index (κ3) is 3.47. The van der Waals surface area contributed by atoms with Crippen molar-refractivity contribution < 1.29 is 18.9 Å². The zero-order valence-electron chi connectivity index (χ0n) is 13.0. The minimum atomic E-state index is -0.640. The Hall–Kier alpha value is -3.68. The Balaban J connectivity index is 1.96. The average molecular weight is 339 g/mol. The summed E-state index contributed by atoms with van der Waals surface area (Å²) in [5.41, 5.74) is 1.65. The molecule has 8 heteroatoms. The molecule has 1 amide bonds. The van der Waals surface area contributed by atoms with Gasteiger partial charge in [-0.15, -0.1) is 0 Å². The van der Waals surface area contributed by atoms with Crippen LogP contribution in [0.3, 0.4) is 0 Å². The van der Waals surface area contributed by atoms with Crippen molar-refractivity contribution in [3.8, 4) is 11.5 Å². The Morgan fingerprint density at radius 2 is 2.16 bits per heavy atom. The zero-order valence-corrected chi connectivity index (χ0v) is 13.0. The van der Waals surface area contributed by atoms with Crippen LogP contribution in [0.2, 0.25) is 0 Å². The summed E-state index contributed by atoms with van der Waals surface area (Å²) in [5.74, 6) is 0.232. The molecule has 0 fully saturated rings. The summed E-state index contributed by atoms with van der Waals surface area (Å²) < 4.78 is 10.5. The van der Waals surface area contributed by atoms with Gasteiger partial charge in [0.05, 0.1) is 16.2 Å². The number of nitrogens with one attached hydrogen (secondary N) is 1. The average Bonchev–Trinajstić information content (AvgIpc) is 3.03. The maximum Gasteiger partial charge on any atom is 0.411 e. The number of para-hydroxylation sites is 1. The van der Waals surface area contributed by atoms with Crippen molar-refractivity contribution >= 4 is 28.6 Å². The molecule has 0 aliphatic heterocycles. The molecule has 0 unspecified atom stereocenters. The smallest absolute Gasteiger partial charge is 0.411 e. The Bertz CT molecular complexity index is 964. The Morgan fingerprint density at radius 1 is 1.36 bits per heavy atom. The first kappa shape index (κ1) is 16.2. The van der Waals surface area contributed by atoms with E-state index < -0.39 is 11.0 Å². The number of ether oxygens (including phenoxy) is 1. The molecule has 0 saturated heterocycles. The minimum absolute atomic E-state index is 0.0771. The number of rotatable bonds is 5. The summed E-state index contributed by atoms with van der Waals surface area (Å²) >= 11 is 0. The fourth-order valence-corrected chi connectivity index (χ4v) is 2.20. The second-order valence-corrected chi connectivity index (χ2v) is 4.99. The second kappa shape index (κ2) is 6.83. The van der Waals surface area contributed by atoms with E-state index in [1.807, 2.05) is 0 Å². The largest absolute Gasteiger partial charge is 0.445 e. The summed E-state index contributed by atoms with van der Waals surface area (Å²) in [6.45, 7) is 3.55. The highest BCUT2D eigenvalue weighted by Gasteiger charge is 2.16. The molecule has 25 heavy (non-hydrogen) atoms. The van der Waals surface area contributed by atoms with Gasteiger partial charge in [0.2, 0.25) is 5.89 Å². The van der Waals surface area contributed by atoms with E-state index in [1.54, 1.807) is 24.3 Å². The lowest BCUT2D eigenvalue weighted by Crippen LogP contribution is -2.14. The van der Waals surface area contributed by atoms with E-state index in [0.717, 1.165) is 0 Å². The number of non-ortho nitro benzene ring substituents is 1. The van der Waals surface area contributed by atoms with Gasteiger partial charge in [-0.05, 0) is 18.2 Å². The van der Waals surface area contributed by atoms with E-state index in [-0.39, 0.29) is 18.2 Å². The first-order valence-electron chi connectivity index (χ1n) is 7.27. The fraction of sp³-hybridized carbons (Fsp3) is 0.0588. The number of hydrogen-bond donors (Lipinski definition) is 1. The van der Waals surface area contributed by atoms with Gasteiger partial charge >= 0.3 is 6.09 Å². The van der Waals surface area contributed by atoms with Crippen LogP contribution in [0.4, 0.5) is 16.2 Å². The number of benzene rings is 2. The van der Waals surface area contributed by atoms with Crippen molar-refractivity contribution in [3.05, 3.63) is 65.2 Å². The van der Waals surface area contributed by atoms with Gasteiger partial charge in [-0.3, -0.25) is 15.4 Å². The van der Waals surface area contributed by atoms with Gasteiger partial charge in [-0.1, -0.05) is 24.8 Å². The molecule has 0 spiro atoms. The van der Waals surface area contributed by atoms with Crippen LogP contribution in [0.15, 0.2) is 59.5 Å². The SMILES string of the molecule is C=CCOC(=O)Nc1ccccc1-c1nc2cc([N+](=O)[O-])ccc2o1. The number of amides is 1. The Morgan fingerprint density at radius 3 is 2.92 bits per heavy atom. The standard InChI is InChI=1S/C17H13N3O5/c1-2-9-24-17(21)19-13-6-4-3-5-12(13)16-18-14-10-11(20(22)23)7-8-15(14)25-16/h2-8,10H,1,9H2,(H,19,21). The topological polar surface area (TPSA) is 108 Å². The van der Waals surface area contributed by atoms with Crippen LogP contribution in [-0.2, 0) is 4.74 Å². The quantitative estimate of drug-likeness (QED) is 0.425. The number of oxazole rings is 1. The first-order chi connectivity index (χ1) is 12.1. The van der Waals surface area contributed by atoms with Gasteiger partial charge < -0.3 is 9.15 Å². The fourth-order valence-electron chi connectivity index (χ4n) is 2.20. The van der Waals surface area contributed by atoms with E-state index >= 15 is 0 Å². The van der Waals surface area contributed by atoms with E-state index in [1.165, 1.54) is 24.3 Å². The molecule has 0 bridgehead atoms. The molecule has 0 saturated carbocycles. The predicted octanol–water partition coefficient (Wildman–Crippen LogP) is 4.14. The number of hydrogen-bond acceptors (Lipinski definition) is 6. The van der Waals surface area contributed by atoms with Crippen LogP contribution in [0, 0.1) is 10.1 Å². The normalized spacial score (nSPS) is 10.4. The third-order valence-corrected chi connectivity index (χ3v) is 3.31. The minimum Gasteiger partial charge on any atom is -0.445 e. The molecule has 2 aromatic carbocycles. The highest BCUT2D eigenvalue weighted by Crippen LogP contribution is 2.31. The molecule has 126 valence electrons. The van der Waals surface area contributed by atoms with Crippen LogP contribution in [0.25, 0.3) is 22.6 Å². The van der Waals surface area contributed by atoms with E-state index in [9.17, 15) is 14.9 Å². The first-order valence-corrected chi connectivity index (χ1v) is 7.27. The molecule has 0 atom stereocenters. The number of aromatic nitrogens is 1. The second-order valence-electron chi connectivity index (χ2n) is 4.99. The third-order valence-electron chi connectivity index (χ3n) is 3.31. The number of nitrogens with zero attached hydrogens (tertiary/aromatic N) is 2. The molecule has 1 aromatic heterocycles. The van der Waals surface area contributed by atoms with E-state index in [4.69, 9.17) is 9.15 Å². The Kier molecular flexibility index (Phi) is 4.42. The van der Waals surface area contributed by atoms with Crippen molar-refractivity contribution in [1.29, 1.82) is 0 Å². The molecule has 0 radical (unpaired) electrons. The van der Waals surface area contributed by atoms with Crippen LogP contribution >= 0.6 is 0 Å². The number of anilines is 1. The van der Waals surface area contributed by atoms with Gasteiger partial charge in [-0.2, -0.15) is 0 Å². The summed E-state index contributed by atoms with van der Waals surface area (Å²) in [7, 11) is 0. The van der Waals surface area contributed by atoms with Crippen LogP contribution < -0.4 is 5.32 Å². The van der Waals surface area contributed by atoms with E-state index in [2.05, 4.69) is 16.9 Å². The molecule has 3 rings (SSSR count). The number of carbonyl (C=O) groups excluding carboxylic acids is 1. The maximum atomic E-state index is 11.7. The van der Waals surface area contributed by atoms with Crippen molar-refractivity contribution in [2.45, 2.75) is 0 Å². The molecule has 0 aliphatic carbocycles. The molecule has 1 N–H and O–H groups in total. The van der Waals surface area contributed by atoms with Gasteiger partial charge in [0, 0.05) is 12.1 Å². The summed E-state index contributed by atoms with van der Waals surface area (Å²) in [6.07, 6.45) is 0.818. The van der Waals surface area contributed by atoms with Crippen molar-refractivity contribution in [2.24, 2.45) is 0 Å². The predicted molar refractivity (Wildman–Crippen MR) is 91.3 cm³/mol. The lowest BCUT2D eigenvalue weighted by Gasteiger charge is -2.08. The van der Waals surface area contributed by atoms with Crippen molar-refractivity contribution in [2.75, 3.05) is 11.9 Å². The number of carbonyl (C=O) groups is 1. The van der Waals surface area contributed by atoms with Gasteiger partial charge in [0.1, 0.15) is 12.1 Å². The molecule has 8 nitrogen and oxygen atoms in total. The van der Waals surface area contributed by atoms with Crippen molar-refractivity contribution in [3.63, 3.8) is 0 Å². The van der Waals surface area contributed by atoms with Gasteiger partial charge in [0.25, 0.3) is 5.69 Å². The molecular formula is C17H13N3O5. The van der Waals surface area contributed by atoms with Crippen LogP contribution in [0.1, 0.15) is 0 Å². The maximum absolute atomic E-state index is 11.7. The number of nitro groups is 1. The number of fused-ring (bicyclic) bond motifs is 1. The van der Waals surface area contributed by atoms with Crippen molar-refractivity contribution in [1.82, 2.24) is 4.98 Å². The zero-order chi connectivity index (χ0) is 17.8. The lowest BCUT2D eigenvalue weighted by molar-refractivity contribution is -0.384. The molecular weight excluding hydrogens is 326 g/mol. The van der Waals surface area contributed by atoms with Gasteiger partial charge in [0.15, 0.2) is 5.58 Å². The number of nitro benzene ring substituents is 1. The molecule has 1 heterocycles. The summed E-state index contributed by atoms with van der Waals surface area (Å²) in [4.78, 5) is 26.4. The van der Waals surface area contributed by atoms with Crippen LogP contribution in [-0.4, -0.2) is 22.6 Å². The van der Waals surface area contributed by atoms with Gasteiger partial charge in [-0.25, -0.2) is 9.78 Å². The van der Waals surface area contributed by atoms with E-state index in [0.29, 0.717) is 22.4 Å². The molecule has 0 aliphatic rings. The monoisotopic (exact) mass is 339 g/mol. The lowest BCUT2D eigenvalue weighted by atomic mass is 10.2. The Labute approximate surface area is 141 Å². The summed E-state index contributed by atoms with van der Waals surface area (Å²) in [5, 5.41) is 13.5. The summed E-state index contributed by atoms with van der Waals surface area (Å²) in [6, 6.07) is 11.0. The van der Waals surface area contributed by atoms with Crippen LogP contribution in [0.5, 0.6) is 0 Å².